The Morgan fingerprint density at radius 1 is 1.21 bits per heavy atom. The Labute approximate surface area is 166 Å². The van der Waals surface area contributed by atoms with Gasteiger partial charge in [0.15, 0.2) is 16.6 Å². The number of anilines is 1. The molecule has 1 N–H and O–H groups in total. The van der Waals surface area contributed by atoms with Crippen molar-refractivity contribution in [2.24, 2.45) is 0 Å². The lowest BCUT2D eigenvalue weighted by atomic mass is 10.1. The van der Waals surface area contributed by atoms with Crippen LogP contribution in [0.15, 0.2) is 42.7 Å². The third kappa shape index (κ3) is 5.57. The first kappa shape index (κ1) is 20.4. The van der Waals surface area contributed by atoms with E-state index in [2.05, 4.69) is 20.5 Å². The van der Waals surface area contributed by atoms with Gasteiger partial charge in [-0.05, 0) is 23.8 Å². The number of halogens is 3. The summed E-state index contributed by atoms with van der Waals surface area (Å²) in [7, 11) is 0. The Kier molecular flexibility index (Phi) is 5.87. The van der Waals surface area contributed by atoms with E-state index in [9.17, 15) is 22.8 Å². The van der Waals surface area contributed by atoms with E-state index in [4.69, 9.17) is 0 Å². The number of Topliss-reactive ketones (excluding diaryl/α,β-unsaturated/α-hetero) is 1. The molecule has 7 nitrogen and oxygen atoms in total. The summed E-state index contributed by atoms with van der Waals surface area (Å²) >= 11 is 1.24. The fourth-order valence-electron chi connectivity index (χ4n) is 2.24. The maximum Gasteiger partial charge on any atom is 0.416 e. The maximum atomic E-state index is 12.5. The van der Waals surface area contributed by atoms with Crippen LogP contribution >= 0.6 is 11.3 Å². The summed E-state index contributed by atoms with van der Waals surface area (Å²) in [6.45, 7) is 1.73. The van der Waals surface area contributed by atoms with Gasteiger partial charge < -0.3 is 5.32 Å². The first-order valence-electron chi connectivity index (χ1n) is 8.23. The largest absolute Gasteiger partial charge is 0.416 e. The number of alkyl halides is 3. The third-order valence-electron chi connectivity index (χ3n) is 3.60. The minimum Gasteiger partial charge on any atom is -0.304 e. The lowest BCUT2D eigenvalue weighted by Crippen LogP contribution is -2.09. The van der Waals surface area contributed by atoms with Gasteiger partial charge in [-0.3, -0.25) is 9.59 Å². The molecule has 29 heavy (non-hydrogen) atoms. The fraction of sp³-hybridized carbons (Fsp3) is 0.167. The van der Waals surface area contributed by atoms with Crippen molar-refractivity contribution in [1.29, 1.82) is 0 Å². The van der Waals surface area contributed by atoms with Crippen LogP contribution in [0.2, 0.25) is 0 Å². The lowest BCUT2D eigenvalue weighted by molar-refractivity contribution is -0.137. The van der Waals surface area contributed by atoms with Crippen molar-refractivity contribution in [3.05, 3.63) is 63.7 Å². The number of hydrogen-bond donors (Lipinski definition) is 1. The molecule has 1 amide bonds. The van der Waals surface area contributed by atoms with Gasteiger partial charge in [0.25, 0.3) is 0 Å². The Balaban J connectivity index is 1.57. The van der Waals surface area contributed by atoms with Crippen LogP contribution in [0.4, 0.5) is 19.0 Å². The minimum atomic E-state index is -4.40. The zero-order valence-electron chi connectivity index (χ0n) is 15.0. The van der Waals surface area contributed by atoms with Crippen molar-refractivity contribution >= 4 is 34.9 Å². The molecule has 150 valence electrons. The van der Waals surface area contributed by atoms with Gasteiger partial charge in [0.05, 0.1) is 18.3 Å². The SMILES string of the molecule is CC(=O)c1ncc(Cn2ncc(NC(=O)/C=C\c3ccc(C(F)(F)F)cc3)n2)s1. The summed E-state index contributed by atoms with van der Waals surface area (Å²) in [5.41, 5.74) is -0.310. The predicted molar refractivity (Wildman–Crippen MR) is 100 cm³/mol. The summed E-state index contributed by atoms with van der Waals surface area (Å²) < 4.78 is 37.6. The third-order valence-corrected chi connectivity index (χ3v) is 4.69. The number of carbonyl (C=O) groups is 2. The van der Waals surface area contributed by atoms with Gasteiger partial charge in [0, 0.05) is 24.1 Å². The topological polar surface area (TPSA) is 89.8 Å². The molecule has 0 atom stereocenters. The Hall–Kier alpha value is -3.34. The number of carbonyl (C=O) groups excluding carboxylic acids is 2. The molecule has 0 aliphatic heterocycles. The highest BCUT2D eigenvalue weighted by molar-refractivity contribution is 7.13. The molecule has 0 bridgehead atoms. The molecule has 0 spiro atoms. The lowest BCUT2D eigenvalue weighted by Gasteiger charge is -2.05. The van der Waals surface area contributed by atoms with Crippen LogP contribution in [0.5, 0.6) is 0 Å². The molecule has 2 heterocycles. The molecule has 0 fully saturated rings. The highest BCUT2D eigenvalue weighted by Gasteiger charge is 2.29. The molecule has 0 unspecified atom stereocenters. The van der Waals surface area contributed by atoms with Crippen LogP contribution in [0, 0.1) is 0 Å². The van der Waals surface area contributed by atoms with Gasteiger partial charge >= 0.3 is 6.18 Å². The van der Waals surface area contributed by atoms with Gasteiger partial charge in [-0.15, -0.1) is 16.4 Å². The van der Waals surface area contributed by atoms with E-state index in [1.165, 1.54) is 53.5 Å². The number of amides is 1. The summed E-state index contributed by atoms with van der Waals surface area (Å²) in [6, 6.07) is 4.43. The van der Waals surface area contributed by atoms with E-state index < -0.39 is 17.6 Å². The average molecular weight is 421 g/mol. The highest BCUT2D eigenvalue weighted by atomic mass is 32.1. The molecule has 0 saturated heterocycles. The van der Waals surface area contributed by atoms with Crippen molar-refractivity contribution in [2.45, 2.75) is 19.6 Å². The predicted octanol–water partition coefficient (Wildman–Crippen LogP) is 3.66. The molecule has 11 heteroatoms. The summed E-state index contributed by atoms with van der Waals surface area (Å²) in [6.07, 6.45) is 1.09. The number of thiazole rings is 1. The first-order chi connectivity index (χ1) is 13.7. The van der Waals surface area contributed by atoms with Crippen LogP contribution in [0.25, 0.3) is 6.08 Å². The second kappa shape index (κ2) is 8.35. The van der Waals surface area contributed by atoms with E-state index in [0.717, 1.165) is 17.0 Å². The first-order valence-corrected chi connectivity index (χ1v) is 9.04. The van der Waals surface area contributed by atoms with Crippen molar-refractivity contribution in [1.82, 2.24) is 20.0 Å². The zero-order chi connectivity index (χ0) is 21.0. The fourth-order valence-corrected chi connectivity index (χ4v) is 3.02. The van der Waals surface area contributed by atoms with E-state index in [0.29, 0.717) is 17.1 Å². The molecular weight excluding hydrogens is 407 g/mol. The maximum absolute atomic E-state index is 12.5. The number of nitrogens with zero attached hydrogens (tertiary/aromatic N) is 4. The van der Waals surface area contributed by atoms with Gasteiger partial charge in [-0.25, -0.2) is 4.98 Å². The van der Waals surface area contributed by atoms with Crippen molar-refractivity contribution < 1.29 is 22.8 Å². The van der Waals surface area contributed by atoms with Crippen molar-refractivity contribution in [3.63, 3.8) is 0 Å². The average Bonchev–Trinajstić information content (AvgIpc) is 3.30. The summed E-state index contributed by atoms with van der Waals surface area (Å²) in [5, 5.41) is 11.0. The van der Waals surface area contributed by atoms with E-state index in [1.54, 1.807) is 6.20 Å². The molecule has 3 rings (SSSR count). The second-order valence-electron chi connectivity index (χ2n) is 5.89. The molecule has 0 aliphatic carbocycles. The van der Waals surface area contributed by atoms with Crippen LogP contribution < -0.4 is 5.32 Å². The number of nitrogens with one attached hydrogen (secondary N) is 1. The molecule has 2 aromatic heterocycles. The number of hydrogen-bond acceptors (Lipinski definition) is 6. The summed E-state index contributed by atoms with van der Waals surface area (Å²) in [4.78, 5) is 29.3. The van der Waals surface area contributed by atoms with Crippen LogP contribution in [-0.2, 0) is 17.5 Å². The molecule has 0 saturated carbocycles. The number of rotatable bonds is 6. The van der Waals surface area contributed by atoms with Crippen molar-refractivity contribution in [3.8, 4) is 0 Å². The molecule has 0 aliphatic rings. The zero-order valence-corrected chi connectivity index (χ0v) is 15.8. The van der Waals surface area contributed by atoms with E-state index >= 15 is 0 Å². The van der Waals surface area contributed by atoms with Crippen LogP contribution in [-0.4, -0.2) is 31.7 Å². The quantitative estimate of drug-likeness (QED) is 0.485. The number of aromatic nitrogens is 4. The Morgan fingerprint density at radius 3 is 2.55 bits per heavy atom. The number of ketones is 1. The van der Waals surface area contributed by atoms with Gasteiger partial charge in [-0.1, -0.05) is 12.1 Å². The molecule has 3 aromatic rings. The Morgan fingerprint density at radius 2 is 1.93 bits per heavy atom. The van der Waals surface area contributed by atoms with E-state index in [-0.39, 0.29) is 11.6 Å². The Bertz CT molecular complexity index is 1050. The normalized spacial score (nSPS) is 11.7. The van der Waals surface area contributed by atoms with Gasteiger partial charge in [0.1, 0.15) is 0 Å². The van der Waals surface area contributed by atoms with E-state index in [1.807, 2.05) is 0 Å². The molecular formula is C18H14F3N5O2S. The van der Waals surface area contributed by atoms with Crippen LogP contribution in [0.3, 0.4) is 0 Å². The molecule has 1 aromatic carbocycles. The minimum absolute atomic E-state index is 0.123. The summed E-state index contributed by atoms with van der Waals surface area (Å²) in [5.74, 6) is -0.417. The smallest absolute Gasteiger partial charge is 0.304 e. The number of benzene rings is 1. The van der Waals surface area contributed by atoms with Gasteiger partial charge in [0.2, 0.25) is 5.91 Å². The standard InChI is InChI=1S/C18H14F3N5O2S/c1-11(27)17-22-8-14(29-17)10-26-23-9-15(25-26)24-16(28)7-4-12-2-5-13(6-3-12)18(19,20)21/h2-9H,10H2,1H3,(H,24,25,28)/b7-4-. The van der Waals surface area contributed by atoms with Gasteiger partial charge in [-0.2, -0.15) is 23.1 Å². The second-order valence-corrected chi connectivity index (χ2v) is 7.01. The highest BCUT2D eigenvalue weighted by Crippen LogP contribution is 2.29. The molecule has 0 radical (unpaired) electrons. The van der Waals surface area contributed by atoms with Crippen molar-refractivity contribution in [2.75, 3.05) is 5.32 Å². The van der Waals surface area contributed by atoms with Crippen LogP contribution in [0.1, 0.15) is 32.7 Å². The monoisotopic (exact) mass is 421 g/mol.